The van der Waals surface area contributed by atoms with Crippen molar-refractivity contribution in [2.45, 2.75) is 69.2 Å². The van der Waals surface area contributed by atoms with Crippen molar-refractivity contribution in [3.63, 3.8) is 0 Å². The van der Waals surface area contributed by atoms with Gasteiger partial charge in [0.25, 0.3) is 0 Å². The number of para-hydroxylation sites is 1. The molecule has 8 atom stereocenters. The van der Waals surface area contributed by atoms with E-state index in [0.717, 1.165) is 5.56 Å². The Kier molecular flexibility index (Phi) is 8.90. The molecule has 42 heavy (non-hydrogen) atoms. The molecule has 3 saturated heterocycles. The summed E-state index contributed by atoms with van der Waals surface area (Å²) in [6.45, 7) is 7.84. The number of hydrogen-bond donors (Lipinski definition) is 3. The van der Waals surface area contributed by atoms with Crippen molar-refractivity contribution < 1.29 is 29.0 Å². The summed E-state index contributed by atoms with van der Waals surface area (Å²) < 4.78 is 12.1. The highest BCUT2D eigenvalue weighted by Gasteiger charge is 2.77. The number of anilines is 2. The summed E-state index contributed by atoms with van der Waals surface area (Å²) in [4.78, 5) is 43.7. The van der Waals surface area contributed by atoms with Gasteiger partial charge < -0.3 is 30.1 Å². The molecule has 226 valence electrons. The van der Waals surface area contributed by atoms with Gasteiger partial charge in [-0.3, -0.25) is 14.4 Å². The maximum atomic E-state index is 14.4. The quantitative estimate of drug-likeness (QED) is 0.316. The molecule has 9 nitrogen and oxygen atoms in total. The Morgan fingerprint density at radius 3 is 2.52 bits per heavy atom. The van der Waals surface area contributed by atoms with Crippen LogP contribution in [0, 0.1) is 24.7 Å². The summed E-state index contributed by atoms with van der Waals surface area (Å²) in [5, 5.41) is 16.8. The van der Waals surface area contributed by atoms with E-state index in [9.17, 15) is 19.5 Å². The number of fused-ring (bicyclic) bond motifs is 1. The Morgan fingerprint density at radius 2 is 1.90 bits per heavy atom. The molecule has 5 rings (SSSR count). The van der Waals surface area contributed by atoms with Crippen LogP contribution in [-0.4, -0.2) is 69.6 Å². The number of hydrogen-bond acceptors (Lipinski definition) is 6. The van der Waals surface area contributed by atoms with Crippen LogP contribution in [0.1, 0.15) is 39.2 Å². The molecule has 11 heteroatoms. The first-order valence-electron chi connectivity index (χ1n) is 14.4. The molecule has 2 bridgehead atoms. The standard InChI is InChI=1S/C31H37BrClN3O6/c1-5-16(3)22(15-37)36-27(29(39)35-25-17(4)8-7-9-21(25)33)31-14-20(32)26(42-31)23(24(31)30(36)40)28(38)34-18-10-12-19(13-11-18)41-6-2/h7-13,16,20,22-24,26-27,37H,5-6,14-15H2,1-4H3,(H,34,38)(H,35,39)/t16-,20?,22-,23+,24-,26+,27?,31?/m0/s1. The Labute approximate surface area is 259 Å². The van der Waals surface area contributed by atoms with E-state index >= 15 is 0 Å². The van der Waals surface area contributed by atoms with E-state index in [1.807, 2.05) is 33.8 Å². The molecule has 0 aromatic heterocycles. The van der Waals surface area contributed by atoms with Crippen molar-refractivity contribution in [3.8, 4) is 5.75 Å². The van der Waals surface area contributed by atoms with Gasteiger partial charge in [0, 0.05) is 10.5 Å². The van der Waals surface area contributed by atoms with Gasteiger partial charge in [-0.1, -0.05) is 59.9 Å². The number of ether oxygens (including phenoxy) is 2. The molecule has 0 saturated carbocycles. The number of likely N-dealkylation sites (tertiary alicyclic amines) is 1. The lowest BCUT2D eigenvalue weighted by Crippen LogP contribution is -2.57. The zero-order chi connectivity index (χ0) is 30.3. The predicted octanol–water partition coefficient (Wildman–Crippen LogP) is 4.78. The second-order valence-corrected chi connectivity index (χ2v) is 13.0. The van der Waals surface area contributed by atoms with Crippen LogP contribution in [0.4, 0.5) is 11.4 Å². The molecule has 1 spiro atoms. The van der Waals surface area contributed by atoms with E-state index in [2.05, 4.69) is 26.6 Å². The SMILES string of the molecule is CCOc1ccc(NC(=O)[C@H]2[C@@H]3OC4(CC3Br)C(C(=O)Nc3c(C)cccc3Cl)N([C@@H](CO)[C@@H](C)CC)C(=O)[C@H]24)cc1. The second kappa shape index (κ2) is 12.1. The fourth-order valence-electron chi connectivity index (χ4n) is 6.85. The van der Waals surface area contributed by atoms with Gasteiger partial charge in [-0.05, 0) is 62.1 Å². The van der Waals surface area contributed by atoms with E-state index in [0.29, 0.717) is 41.6 Å². The summed E-state index contributed by atoms with van der Waals surface area (Å²) in [5.41, 5.74) is 0.513. The highest BCUT2D eigenvalue weighted by atomic mass is 79.9. The van der Waals surface area contributed by atoms with Gasteiger partial charge in [0.15, 0.2) is 0 Å². The summed E-state index contributed by atoms with van der Waals surface area (Å²) in [5.74, 6) is -2.36. The fraction of sp³-hybridized carbons (Fsp3) is 0.516. The van der Waals surface area contributed by atoms with Crippen molar-refractivity contribution in [3.05, 3.63) is 53.1 Å². The van der Waals surface area contributed by atoms with E-state index in [4.69, 9.17) is 21.1 Å². The number of rotatable bonds is 10. The lowest BCUT2D eigenvalue weighted by atomic mass is 9.70. The number of halogens is 2. The fourth-order valence-corrected chi connectivity index (χ4v) is 8.06. The first-order chi connectivity index (χ1) is 20.1. The first-order valence-corrected chi connectivity index (χ1v) is 15.7. The van der Waals surface area contributed by atoms with Crippen LogP contribution in [-0.2, 0) is 19.1 Å². The average molecular weight is 663 g/mol. The van der Waals surface area contributed by atoms with Crippen LogP contribution in [0.5, 0.6) is 5.75 Å². The third-order valence-electron chi connectivity index (χ3n) is 9.03. The van der Waals surface area contributed by atoms with Crippen LogP contribution >= 0.6 is 27.5 Å². The normalized spacial score (nSPS) is 29.3. The minimum atomic E-state index is -1.27. The highest BCUT2D eigenvalue weighted by molar-refractivity contribution is 9.09. The number of alkyl halides is 1. The van der Waals surface area contributed by atoms with Crippen LogP contribution in [0.2, 0.25) is 5.02 Å². The number of nitrogens with one attached hydrogen (secondary N) is 2. The predicted molar refractivity (Wildman–Crippen MR) is 164 cm³/mol. The van der Waals surface area contributed by atoms with Gasteiger partial charge in [-0.15, -0.1) is 0 Å². The Hall–Kier alpha value is -2.66. The number of amides is 3. The van der Waals surface area contributed by atoms with Crippen LogP contribution in [0.15, 0.2) is 42.5 Å². The molecule has 3 aliphatic heterocycles. The number of aryl methyl sites for hydroxylation is 1. The maximum Gasteiger partial charge on any atom is 0.250 e. The lowest BCUT2D eigenvalue weighted by Gasteiger charge is -2.39. The number of carbonyl (C=O) groups is 3. The van der Waals surface area contributed by atoms with Gasteiger partial charge in [0.05, 0.1) is 47.9 Å². The van der Waals surface area contributed by atoms with Crippen LogP contribution < -0.4 is 15.4 Å². The zero-order valence-electron chi connectivity index (χ0n) is 24.1. The maximum absolute atomic E-state index is 14.4. The van der Waals surface area contributed by atoms with E-state index < -0.39 is 41.5 Å². The van der Waals surface area contributed by atoms with E-state index in [-0.39, 0.29) is 29.2 Å². The summed E-state index contributed by atoms with van der Waals surface area (Å²) in [6, 6.07) is 10.6. The number of nitrogens with zero attached hydrogens (tertiary/aromatic N) is 1. The molecule has 3 amide bonds. The summed E-state index contributed by atoms with van der Waals surface area (Å²) >= 11 is 10.2. The molecule has 2 aromatic carbocycles. The summed E-state index contributed by atoms with van der Waals surface area (Å²) in [6.07, 6.45) is 0.421. The molecule has 3 heterocycles. The average Bonchev–Trinajstić information content (AvgIpc) is 3.56. The van der Waals surface area contributed by atoms with Gasteiger partial charge in [-0.2, -0.15) is 0 Å². The third kappa shape index (κ3) is 5.10. The minimum absolute atomic E-state index is 0.111. The number of aliphatic hydroxyl groups is 1. The molecule has 3 fully saturated rings. The molecule has 0 radical (unpaired) electrons. The molecule has 0 aliphatic carbocycles. The Balaban J connectivity index is 1.53. The van der Waals surface area contributed by atoms with Crippen LogP contribution in [0.25, 0.3) is 0 Å². The highest BCUT2D eigenvalue weighted by Crippen LogP contribution is 2.60. The number of aliphatic hydroxyl groups excluding tert-OH is 1. The third-order valence-corrected chi connectivity index (χ3v) is 10.2. The monoisotopic (exact) mass is 661 g/mol. The minimum Gasteiger partial charge on any atom is -0.494 e. The Bertz CT molecular complexity index is 1340. The van der Waals surface area contributed by atoms with Crippen molar-refractivity contribution in [2.24, 2.45) is 17.8 Å². The Morgan fingerprint density at radius 1 is 1.19 bits per heavy atom. The lowest BCUT2D eigenvalue weighted by molar-refractivity contribution is -0.144. The largest absolute Gasteiger partial charge is 0.494 e. The van der Waals surface area contributed by atoms with E-state index in [1.165, 1.54) is 4.90 Å². The van der Waals surface area contributed by atoms with Gasteiger partial charge in [0.2, 0.25) is 17.7 Å². The molecule has 3 unspecified atom stereocenters. The topological polar surface area (TPSA) is 117 Å². The van der Waals surface area contributed by atoms with Crippen molar-refractivity contribution in [2.75, 3.05) is 23.8 Å². The molecule has 3 N–H and O–H groups in total. The van der Waals surface area contributed by atoms with Crippen molar-refractivity contribution in [1.29, 1.82) is 0 Å². The van der Waals surface area contributed by atoms with Gasteiger partial charge in [0.1, 0.15) is 17.4 Å². The zero-order valence-corrected chi connectivity index (χ0v) is 26.4. The first kappa shape index (κ1) is 30.8. The molecule has 3 aliphatic rings. The van der Waals surface area contributed by atoms with Gasteiger partial charge in [-0.25, -0.2) is 0 Å². The summed E-state index contributed by atoms with van der Waals surface area (Å²) in [7, 11) is 0. The number of carbonyl (C=O) groups excluding carboxylic acids is 3. The van der Waals surface area contributed by atoms with E-state index in [1.54, 1.807) is 36.4 Å². The van der Waals surface area contributed by atoms with Gasteiger partial charge >= 0.3 is 0 Å². The second-order valence-electron chi connectivity index (χ2n) is 11.4. The molecular weight excluding hydrogens is 626 g/mol. The molecular formula is C31H37BrClN3O6. The van der Waals surface area contributed by atoms with Crippen molar-refractivity contribution >= 4 is 56.6 Å². The molecule has 2 aromatic rings. The van der Waals surface area contributed by atoms with Crippen molar-refractivity contribution in [1.82, 2.24) is 4.90 Å². The van der Waals surface area contributed by atoms with Crippen LogP contribution in [0.3, 0.4) is 0 Å². The smallest absolute Gasteiger partial charge is 0.250 e. The number of benzene rings is 2.